The van der Waals surface area contributed by atoms with Crippen LogP contribution in [-0.4, -0.2) is 34.2 Å². The third-order valence-electron chi connectivity index (χ3n) is 3.29. The van der Waals surface area contributed by atoms with Gasteiger partial charge in [0.15, 0.2) is 0 Å². The van der Waals surface area contributed by atoms with Gasteiger partial charge in [0.25, 0.3) is 0 Å². The first kappa shape index (κ1) is 14.3. The summed E-state index contributed by atoms with van der Waals surface area (Å²) in [5, 5.41) is 3.07. The summed E-state index contributed by atoms with van der Waals surface area (Å²) < 4.78 is 32.5. The molecule has 0 saturated heterocycles. The molecule has 2 rings (SSSR count). The standard InChI is InChI=1S/C13H20N2O3S/c1-3-14-12-6-4-5-7-13(12)19(16,17)15-10-8-11(9-10)18-2/h4-7,10-11,14-15H,3,8-9H2,1-2H3. The van der Waals surface area contributed by atoms with Crippen LogP contribution in [-0.2, 0) is 14.8 Å². The average Bonchev–Trinajstić information content (AvgIpc) is 2.34. The lowest BCUT2D eigenvalue weighted by atomic mass is 9.90. The Hall–Kier alpha value is -1.11. The number of rotatable bonds is 6. The molecule has 0 atom stereocenters. The van der Waals surface area contributed by atoms with E-state index >= 15 is 0 Å². The number of benzene rings is 1. The number of hydrogen-bond acceptors (Lipinski definition) is 4. The third-order valence-corrected chi connectivity index (χ3v) is 4.87. The minimum absolute atomic E-state index is 0.0235. The highest BCUT2D eigenvalue weighted by atomic mass is 32.2. The molecule has 6 heteroatoms. The van der Waals surface area contributed by atoms with Gasteiger partial charge >= 0.3 is 0 Å². The van der Waals surface area contributed by atoms with E-state index in [1.807, 2.05) is 13.0 Å². The van der Waals surface area contributed by atoms with Crippen molar-refractivity contribution in [2.24, 2.45) is 0 Å². The van der Waals surface area contributed by atoms with Crippen molar-refractivity contribution in [3.05, 3.63) is 24.3 Å². The smallest absolute Gasteiger partial charge is 0.242 e. The minimum Gasteiger partial charge on any atom is -0.384 e. The fourth-order valence-electron chi connectivity index (χ4n) is 2.17. The SMILES string of the molecule is CCNc1ccccc1S(=O)(=O)NC1CC(OC)C1. The van der Waals surface area contributed by atoms with Crippen molar-refractivity contribution < 1.29 is 13.2 Å². The highest BCUT2D eigenvalue weighted by Gasteiger charge is 2.33. The average molecular weight is 284 g/mol. The van der Waals surface area contributed by atoms with Crippen molar-refractivity contribution in [3.63, 3.8) is 0 Å². The van der Waals surface area contributed by atoms with Crippen molar-refractivity contribution in [2.75, 3.05) is 19.0 Å². The van der Waals surface area contributed by atoms with Crippen molar-refractivity contribution in [2.45, 2.75) is 36.8 Å². The molecule has 1 saturated carbocycles. The first-order chi connectivity index (χ1) is 9.06. The summed E-state index contributed by atoms with van der Waals surface area (Å²) in [5.41, 5.74) is 0.639. The maximum atomic E-state index is 12.3. The van der Waals surface area contributed by atoms with Crippen LogP contribution in [0.1, 0.15) is 19.8 Å². The summed E-state index contributed by atoms with van der Waals surface area (Å²) >= 11 is 0. The summed E-state index contributed by atoms with van der Waals surface area (Å²) in [6.45, 7) is 2.62. The Morgan fingerprint density at radius 2 is 2.00 bits per heavy atom. The van der Waals surface area contributed by atoms with Crippen LogP contribution in [0.15, 0.2) is 29.2 Å². The largest absolute Gasteiger partial charge is 0.384 e. The van der Waals surface area contributed by atoms with E-state index < -0.39 is 10.0 Å². The number of methoxy groups -OCH3 is 1. The number of sulfonamides is 1. The summed E-state index contributed by atoms with van der Waals surface area (Å²) in [7, 11) is -1.82. The van der Waals surface area contributed by atoms with Gasteiger partial charge in [-0.3, -0.25) is 0 Å². The first-order valence-electron chi connectivity index (χ1n) is 6.45. The Kier molecular flexibility index (Phi) is 4.44. The van der Waals surface area contributed by atoms with E-state index in [1.165, 1.54) is 0 Å². The summed E-state index contributed by atoms with van der Waals surface area (Å²) in [6.07, 6.45) is 1.65. The summed E-state index contributed by atoms with van der Waals surface area (Å²) in [6, 6.07) is 6.92. The van der Waals surface area contributed by atoms with Crippen LogP contribution in [0.2, 0.25) is 0 Å². The molecule has 2 N–H and O–H groups in total. The van der Waals surface area contributed by atoms with Gasteiger partial charge in [0.2, 0.25) is 10.0 Å². The molecule has 0 amide bonds. The van der Waals surface area contributed by atoms with Crippen molar-refractivity contribution >= 4 is 15.7 Å². The Morgan fingerprint density at radius 1 is 1.32 bits per heavy atom. The van der Waals surface area contributed by atoms with Gasteiger partial charge in [-0.1, -0.05) is 12.1 Å². The third kappa shape index (κ3) is 3.26. The zero-order valence-electron chi connectivity index (χ0n) is 11.2. The minimum atomic E-state index is -3.47. The Labute approximate surface area is 114 Å². The molecule has 0 unspecified atom stereocenters. The van der Waals surface area contributed by atoms with Crippen molar-refractivity contribution in [1.82, 2.24) is 4.72 Å². The van der Waals surface area contributed by atoms with Gasteiger partial charge < -0.3 is 10.1 Å². The first-order valence-corrected chi connectivity index (χ1v) is 7.93. The van der Waals surface area contributed by atoms with Gasteiger partial charge in [0.1, 0.15) is 4.90 Å². The predicted octanol–water partition coefficient (Wildman–Crippen LogP) is 1.57. The number of nitrogens with one attached hydrogen (secondary N) is 2. The maximum Gasteiger partial charge on any atom is 0.242 e. The lowest BCUT2D eigenvalue weighted by Crippen LogP contribution is -2.47. The molecule has 0 heterocycles. The molecular weight excluding hydrogens is 264 g/mol. The second-order valence-corrected chi connectivity index (χ2v) is 6.36. The molecule has 0 spiro atoms. The van der Waals surface area contributed by atoms with Gasteiger partial charge in [0.05, 0.1) is 11.8 Å². The lowest BCUT2D eigenvalue weighted by molar-refractivity contribution is 0.0236. The molecule has 106 valence electrons. The Morgan fingerprint density at radius 3 is 2.63 bits per heavy atom. The van der Waals surface area contributed by atoms with Crippen LogP contribution >= 0.6 is 0 Å². The summed E-state index contributed by atoms with van der Waals surface area (Å²) in [5.74, 6) is 0. The quantitative estimate of drug-likeness (QED) is 0.832. The molecule has 5 nitrogen and oxygen atoms in total. The Balaban J connectivity index is 2.11. The number of anilines is 1. The molecule has 0 aliphatic heterocycles. The zero-order chi connectivity index (χ0) is 13.9. The molecule has 0 aromatic heterocycles. The highest BCUT2D eigenvalue weighted by molar-refractivity contribution is 7.89. The van der Waals surface area contributed by atoms with E-state index in [0.717, 1.165) is 12.8 Å². The molecule has 1 fully saturated rings. The number of para-hydroxylation sites is 1. The van der Waals surface area contributed by atoms with E-state index in [9.17, 15) is 8.42 Å². The van der Waals surface area contributed by atoms with Crippen LogP contribution < -0.4 is 10.0 Å². The van der Waals surface area contributed by atoms with Crippen molar-refractivity contribution in [1.29, 1.82) is 0 Å². The van der Waals surface area contributed by atoms with E-state index in [0.29, 0.717) is 17.1 Å². The molecule has 19 heavy (non-hydrogen) atoms. The zero-order valence-corrected chi connectivity index (χ0v) is 12.0. The van der Waals surface area contributed by atoms with Crippen LogP contribution in [0.3, 0.4) is 0 Å². The highest BCUT2D eigenvalue weighted by Crippen LogP contribution is 2.26. The monoisotopic (exact) mass is 284 g/mol. The predicted molar refractivity (Wildman–Crippen MR) is 74.7 cm³/mol. The van der Waals surface area contributed by atoms with Crippen LogP contribution in [0.5, 0.6) is 0 Å². The van der Waals surface area contributed by atoms with E-state index in [-0.39, 0.29) is 12.1 Å². The van der Waals surface area contributed by atoms with Gasteiger partial charge in [-0.25, -0.2) is 13.1 Å². The summed E-state index contributed by atoms with van der Waals surface area (Å²) in [4.78, 5) is 0.303. The number of hydrogen-bond donors (Lipinski definition) is 2. The molecule has 0 radical (unpaired) electrons. The molecule has 1 aliphatic rings. The fourth-order valence-corrected chi connectivity index (χ4v) is 3.62. The second kappa shape index (κ2) is 5.90. The van der Waals surface area contributed by atoms with E-state index in [2.05, 4.69) is 10.0 Å². The van der Waals surface area contributed by atoms with Gasteiger partial charge in [-0.05, 0) is 31.9 Å². The fraction of sp³-hybridized carbons (Fsp3) is 0.538. The molecule has 1 aromatic carbocycles. The molecule has 1 aliphatic carbocycles. The molecule has 0 bridgehead atoms. The van der Waals surface area contributed by atoms with E-state index in [4.69, 9.17) is 4.74 Å². The van der Waals surface area contributed by atoms with Gasteiger partial charge in [-0.2, -0.15) is 0 Å². The van der Waals surface area contributed by atoms with Crippen LogP contribution in [0.25, 0.3) is 0 Å². The Bertz CT molecular complexity index is 524. The number of ether oxygens (including phenoxy) is 1. The lowest BCUT2D eigenvalue weighted by Gasteiger charge is -2.34. The van der Waals surface area contributed by atoms with Crippen LogP contribution in [0.4, 0.5) is 5.69 Å². The van der Waals surface area contributed by atoms with E-state index in [1.54, 1.807) is 25.3 Å². The van der Waals surface area contributed by atoms with Crippen molar-refractivity contribution in [3.8, 4) is 0 Å². The van der Waals surface area contributed by atoms with Crippen LogP contribution in [0, 0.1) is 0 Å². The molecule has 1 aromatic rings. The van der Waals surface area contributed by atoms with Gasteiger partial charge in [0, 0.05) is 19.7 Å². The normalized spacial score (nSPS) is 22.8. The van der Waals surface area contributed by atoms with Gasteiger partial charge in [-0.15, -0.1) is 0 Å². The maximum absolute atomic E-state index is 12.3. The second-order valence-electron chi connectivity index (χ2n) is 4.67. The topological polar surface area (TPSA) is 67.4 Å². The molecular formula is C13H20N2O3S.